The molecule has 2 amide bonds. The quantitative estimate of drug-likeness (QED) is 0.189. The first-order valence-electron chi connectivity index (χ1n) is 13.0. The second kappa shape index (κ2) is 11.0. The SMILES string of the molecule is CN=CC1(NC(=O)c2cc(-c3cc4c(C(=O)NC)c(-c5ccc(F)cc5)oc4nc3CCC(F)(F)F)ccc2F)CC1. The van der Waals surface area contributed by atoms with E-state index in [0.29, 0.717) is 18.4 Å². The molecular formula is C30H25F5N4O3. The van der Waals surface area contributed by atoms with Crippen molar-refractivity contribution in [3.05, 3.63) is 77.0 Å². The molecule has 0 radical (unpaired) electrons. The van der Waals surface area contributed by atoms with Gasteiger partial charge >= 0.3 is 6.18 Å². The minimum Gasteiger partial charge on any atom is -0.437 e. The summed E-state index contributed by atoms with van der Waals surface area (Å²) in [4.78, 5) is 34.3. The van der Waals surface area contributed by atoms with E-state index in [9.17, 15) is 31.5 Å². The van der Waals surface area contributed by atoms with Crippen LogP contribution in [0.15, 0.2) is 57.9 Å². The summed E-state index contributed by atoms with van der Waals surface area (Å²) in [5, 5.41) is 5.44. The van der Waals surface area contributed by atoms with E-state index in [-0.39, 0.29) is 44.8 Å². The van der Waals surface area contributed by atoms with Crippen LogP contribution in [0.1, 0.15) is 45.7 Å². The van der Waals surface area contributed by atoms with E-state index in [1.165, 1.54) is 49.5 Å². The maximum Gasteiger partial charge on any atom is 0.389 e. The second-order valence-corrected chi connectivity index (χ2v) is 10.0. The third kappa shape index (κ3) is 5.88. The molecule has 42 heavy (non-hydrogen) atoms. The van der Waals surface area contributed by atoms with Crippen molar-refractivity contribution < 1.29 is 36.0 Å². The number of hydrogen-bond donors (Lipinski definition) is 2. The molecule has 12 heteroatoms. The molecule has 0 saturated heterocycles. The molecule has 5 rings (SSSR count). The number of aliphatic imine (C=N–C) groups is 1. The zero-order valence-corrected chi connectivity index (χ0v) is 22.5. The smallest absolute Gasteiger partial charge is 0.389 e. The number of amides is 2. The third-order valence-electron chi connectivity index (χ3n) is 7.02. The summed E-state index contributed by atoms with van der Waals surface area (Å²) in [6.07, 6.45) is -3.41. The van der Waals surface area contributed by atoms with Crippen LogP contribution in [0.4, 0.5) is 22.0 Å². The monoisotopic (exact) mass is 584 g/mol. The molecule has 2 aromatic heterocycles. The van der Waals surface area contributed by atoms with E-state index < -0.39 is 48.0 Å². The Bertz CT molecular complexity index is 1710. The maximum atomic E-state index is 14.9. The lowest BCUT2D eigenvalue weighted by Crippen LogP contribution is -2.38. The molecule has 0 unspecified atom stereocenters. The third-order valence-corrected chi connectivity index (χ3v) is 7.02. The Labute approximate surface area is 236 Å². The van der Waals surface area contributed by atoms with Crippen LogP contribution in [0.2, 0.25) is 0 Å². The van der Waals surface area contributed by atoms with Gasteiger partial charge in [0, 0.05) is 37.9 Å². The summed E-state index contributed by atoms with van der Waals surface area (Å²) in [6.45, 7) is 0. The molecule has 0 bridgehead atoms. The van der Waals surface area contributed by atoms with E-state index in [2.05, 4.69) is 20.6 Å². The van der Waals surface area contributed by atoms with Gasteiger partial charge in [0.2, 0.25) is 5.71 Å². The summed E-state index contributed by atoms with van der Waals surface area (Å²) < 4.78 is 74.1. The highest BCUT2D eigenvalue weighted by Crippen LogP contribution is 2.38. The average Bonchev–Trinajstić information content (AvgIpc) is 3.60. The number of rotatable bonds is 8. The number of aromatic nitrogens is 1. The van der Waals surface area contributed by atoms with Gasteiger partial charge in [-0.2, -0.15) is 13.2 Å². The number of pyridine rings is 1. The molecule has 7 nitrogen and oxygen atoms in total. The maximum absolute atomic E-state index is 14.9. The molecule has 1 saturated carbocycles. The van der Waals surface area contributed by atoms with Crippen molar-refractivity contribution >= 4 is 29.1 Å². The van der Waals surface area contributed by atoms with E-state index >= 15 is 0 Å². The van der Waals surface area contributed by atoms with Crippen LogP contribution in [0.5, 0.6) is 0 Å². The lowest BCUT2D eigenvalue weighted by atomic mass is 9.96. The number of nitrogens with one attached hydrogen (secondary N) is 2. The normalized spacial score (nSPS) is 14.4. The van der Waals surface area contributed by atoms with Crippen LogP contribution in [-0.4, -0.2) is 48.8 Å². The van der Waals surface area contributed by atoms with Crippen molar-refractivity contribution in [2.24, 2.45) is 4.99 Å². The lowest BCUT2D eigenvalue weighted by Gasteiger charge is -2.15. The van der Waals surface area contributed by atoms with Gasteiger partial charge in [0.05, 0.1) is 27.7 Å². The van der Waals surface area contributed by atoms with E-state index in [4.69, 9.17) is 4.42 Å². The van der Waals surface area contributed by atoms with Crippen LogP contribution in [-0.2, 0) is 6.42 Å². The number of hydrogen-bond acceptors (Lipinski definition) is 5. The van der Waals surface area contributed by atoms with Gasteiger partial charge in [-0.1, -0.05) is 6.07 Å². The van der Waals surface area contributed by atoms with Crippen molar-refractivity contribution in [3.63, 3.8) is 0 Å². The summed E-state index contributed by atoms with van der Waals surface area (Å²) in [5.41, 5.74) is -0.357. The molecule has 2 N–H and O–H groups in total. The standard InChI is InChI=1S/C30H25F5N4O3/c1-36-15-29(11-12-29)39-26(40)20-13-17(5-8-22(20)32)19-14-21-24(27(41)37-2)25(16-3-6-18(31)7-4-16)42-28(21)38-23(19)9-10-30(33,34)35/h3-8,13-15H,9-12H2,1-2H3,(H,37,41)(H,39,40). The molecule has 0 spiro atoms. The van der Waals surface area contributed by atoms with Crippen molar-refractivity contribution in [2.75, 3.05) is 14.1 Å². The van der Waals surface area contributed by atoms with Gasteiger partial charge in [-0.15, -0.1) is 0 Å². The molecule has 2 heterocycles. The van der Waals surface area contributed by atoms with Crippen LogP contribution >= 0.6 is 0 Å². The fourth-order valence-electron chi connectivity index (χ4n) is 4.74. The van der Waals surface area contributed by atoms with Gasteiger partial charge in [-0.3, -0.25) is 14.6 Å². The highest BCUT2D eigenvalue weighted by Gasteiger charge is 2.43. The Kier molecular flexibility index (Phi) is 7.56. The second-order valence-electron chi connectivity index (χ2n) is 10.0. The predicted octanol–water partition coefficient (Wildman–Crippen LogP) is 6.26. The molecule has 218 valence electrons. The van der Waals surface area contributed by atoms with Crippen molar-refractivity contribution in [2.45, 2.75) is 37.4 Å². The number of fused-ring (bicyclic) bond motifs is 1. The fourth-order valence-corrected chi connectivity index (χ4v) is 4.74. The minimum absolute atomic E-state index is 0.0302. The number of alkyl halides is 3. The zero-order valence-electron chi connectivity index (χ0n) is 22.5. The summed E-state index contributed by atoms with van der Waals surface area (Å²) in [7, 11) is 2.95. The summed E-state index contributed by atoms with van der Waals surface area (Å²) in [5.74, 6) is -2.57. The number of nitrogens with zero attached hydrogens (tertiary/aromatic N) is 2. The number of halogens is 5. The number of carbonyl (C=O) groups excluding carboxylic acids is 2. The number of carbonyl (C=O) groups is 2. The fraction of sp³-hybridized carbons (Fsp3) is 0.267. The predicted molar refractivity (Wildman–Crippen MR) is 146 cm³/mol. The largest absolute Gasteiger partial charge is 0.437 e. The first-order chi connectivity index (χ1) is 19.9. The van der Waals surface area contributed by atoms with Crippen molar-refractivity contribution in [3.8, 4) is 22.5 Å². The van der Waals surface area contributed by atoms with Crippen LogP contribution < -0.4 is 10.6 Å². The van der Waals surface area contributed by atoms with Crippen LogP contribution in [0.3, 0.4) is 0 Å². The van der Waals surface area contributed by atoms with Crippen LogP contribution in [0.25, 0.3) is 33.6 Å². The van der Waals surface area contributed by atoms with E-state index in [0.717, 1.165) is 6.07 Å². The number of furan rings is 1. The summed E-state index contributed by atoms with van der Waals surface area (Å²) in [6, 6.07) is 10.2. The average molecular weight is 585 g/mol. The van der Waals surface area contributed by atoms with Gasteiger partial charge in [0.15, 0.2) is 0 Å². The Morgan fingerprint density at radius 1 is 1.05 bits per heavy atom. The molecule has 0 aliphatic heterocycles. The molecule has 2 aromatic carbocycles. The van der Waals surface area contributed by atoms with Gasteiger partial charge in [-0.25, -0.2) is 13.8 Å². The Morgan fingerprint density at radius 3 is 2.36 bits per heavy atom. The zero-order chi connectivity index (χ0) is 30.2. The summed E-state index contributed by atoms with van der Waals surface area (Å²) >= 11 is 0. The van der Waals surface area contributed by atoms with Gasteiger partial charge in [0.25, 0.3) is 11.8 Å². The Hall–Kier alpha value is -4.61. The first-order valence-corrected chi connectivity index (χ1v) is 13.0. The van der Waals surface area contributed by atoms with Crippen LogP contribution in [0, 0.1) is 11.6 Å². The molecule has 0 atom stereocenters. The van der Waals surface area contributed by atoms with E-state index in [1.807, 2.05) is 0 Å². The molecular weight excluding hydrogens is 559 g/mol. The number of aryl methyl sites for hydroxylation is 1. The first kappa shape index (κ1) is 28.9. The Morgan fingerprint density at radius 2 is 1.74 bits per heavy atom. The minimum atomic E-state index is -4.50. The number of benzene rings is 2. The van der Waals surface area contributed by atoms with Crippen molar-refractivity contribution in [1.29, 1.82) is 0 Å². The lowest BCUT2D eigenvalue weighted by molar-refractivity contribution is -0.134. The molecule has 1 fully saturated rings. The molecule has 4 aromatic rings. The molecule has 1 aliphatic carbocycles. The highest BCUT2D eigenvalue weighted by molar-refractivity contribution is 6.11. The van der Waals surface area contributed by atoms with Gasteiger partial charge in [-0.05, 0) is 67.3 Å². The topological polar surface area (TPSA) is 96.6 Å². The Balaban J connectivity index is 1.67. The highest BCUT2D eigenvalue weighted by atomic mass is 19.4. The van der Waals surface area contributed by atoms with Gasteiger partial charge < -0.3 is 15.1 Å². The molecule has 1 aliphatic rings. The van der Waals surface area contributed by atoms with Gasteiger partial charge in [0.1, 0.15) is 17.4 Å². The van der Waals surface area contributed by atoms with E-state index in [1.54, 1.807) is 13.3 Å². The van der Waals surface area contributed by atoms with Crippen molar-refractivity contribution in [1.82, 2.24) is 15.6 Å².